The monoisotopic (exact) mass is 345 g/mol. The van der Waals surface area contributed by atoms with Crippen LogP contribution >= 0.6 is 11.8 Å². The lowest BCUT2D eigenvalue weighted by Crippen LogP contribution is -2.48. The highest BCUT2D eigenvalue weighted by molar-refractivity contribution is 7.99. The van der Waals surface area contributed by atoms with E-state index < -0.39 is 17.8 Å². The van der Waals surface area contributed by atoms with Gasteiger partial charge in [0.15, 0.2) is 0 Å². The van der Waals surface area contributed by atoms with Gasteiger partial charge >= 0.3 is 6.03 Å². The molecule has 1 rings (SSSR count). The highest BCUT2D eigenvalue weighted by Gasteiger charge is 2.16. The number of amides is 3. The van der Waals surface area contributed by atoms with E-state index in [1.165, 1.54) is 24.3 Å². The highest BCUT2D eigenvalue weighted by Crippen LogP contribution is 2.26. The summed E-state index contributed by atoms with van der Waals surface area (Å²) in [7, 11) is 0. The van der Waals surface area contributed by atoms with Crippen LogP contribution in [-0.4, -0.2) is 29.8 Å². The number of carbonyl (C=O) groups is 2. The first-order chi connectivity index (χ1) is 10.8. The third kappa shape index (κ3) is 7.32. The van der Waals surface area contributed by atoms with Crippen molar-refractivity contribution in [2.45, 2.75) is 49.9 Å². The number of anilines is 1. The first-order valence-electron chi connectivity index (χ1n) is 7.24. The fraction of sp³-hybridized carbons (Fsp3) is 0.467. The van der Waals surface area contributed by atoms with Gasteiger partial charge in [-0.2, -0.15) is 8.78 Å². The Morgan fingerprint density at radius 2 is 1.74 bits per heavy atom. The molecule has 0 aliphatic carbocycles. The van der Waals surface area contributed by atoms with E-state index in [0.717, 1.165) is 6.42 Å². The number of benzene rings is 1. The summed E-state index contributed by atoms with van der Waals surface area (Å²) in [5.41, 5.74) is 0.454. The van der Waals surface area contributed by atoms with E-state index in [2.05, 4.69) is 16.0 Å². The van der Waals surface area contributed by atoms with Crippen LogP contribution in [0.5, 0.6) is 0 Å². The maximum atomic E-state index is 12.2. The minimum absolute atomic E-state index is 0.0368. The molecule has 1 aromatic carbocycles. The number of thioether (sulfide) groups is 1. The number of nitrogens with one attached hydrogen (secondary N) is 3. The van der Waals surface area contributed by atoms with Crippen LogP contribution in [-0.2, 0) is 4.79 Å². The van der Waals surface area contributed by atoms with Crippen molar-refractivity contribution in [2.75, 3.05) is 5.32 Å². The van der Waals surface area contributed by atoms with Crippen molar-refractivity contribution in [2.24, 2.45) is 0 Å². The summed E-state index contributed by atoms with van der Waals surface area (Å²) < 4.78 is 24.4. The Morgan fingerprint density at radius 1 is 1.13 bits per heavy atom. The van der Waals surface area contributed by atoms with Gasteiger partial charge in [0, 0.05) is 16.6 Å². The lowest BCUT2D eigenvalue weighted by molar-refractivity contribution is -0.123. The maximum absolute atomic E-state index is 12.2. The summed E-state index contributed by atoms with van der Waals surface area (Å²) in [6.07, 6.45) is 0.799. The van der Waals surface area contributed by atoms with E-state index in [0.29, 0.717) is 22.3 Å². The van der Waals surface area contributed by atoms with Gasteiger partial charge in [0.2, 0.25) is 5.91 Å². The topological polar surface area (TPSA) is 70.2 Å². The van der Waals surface area contributed by atoms with Crippen molar-refractivity contribution in [1.82, 2.24) is 10.6 Å². The van der Waals surface area contributed by atoms with Gasteiger partial charge in [0.05, 0.1) is 0 Å². The number of hydrogen-bond donors (Lipinski definition) is 3. The first kappa shape index (κ1) is 19.2. The Morgan fingerprint density at radius 3 is 2.26 bits per heavy atom. The second-order valence-electron chi connectivity index (χ2n) is 5.04. The number of urea groups is 1. The molecule has 0 radical (unpaired) electrons. The third-order valence-electron chi connectivity index (χ3n) is 3.08. The van der Waals surface area contributed by atoms with E-state index in [1.807, 2.05) is 13.8 Å². The summed E-state index contributed by atoms with van der Waals surface area (Å²) in [5, 5.41) is 7.83. The molecule has 3 amide bonds. The van der Waals surface area contributed by atoms with Crippen molar-refractivity contribution in [3.63, 3.8) is 0 Å². The molecule has 0 bridgehead atoms. The smallest absolute Gasteiger partial charge is 0.319 e. The van der Waals surface area contributed by atoms with Crippen LogP contribution in [0.3, 0.4) is 0 Å². The molecule has 0 fully saturated rings. The summed E-state index contributed by atoms with van der Waals surface area (Å²) >= 11 is 0.434. The molecule has 2 atom stereocenters. The Labute approximate surface area is 138 Å². The zero-order chi connectivity index (χ0) is 17.4. The molecular formula is C15H21F2N3O2S. The molecule has 0 aliphatic heterocycles. The molecule has 3 N–H and O–H groups in total. The van der Waals surface area contributed by atoms with Gasteiger partial charge < -0.3 is 16.0 Å². The summed E-state index contributed by atoms with van der Waals surface area (Å²) in [5.74, 6) is -2.75. The van der Waals surface area contributed by atoms with E-state index in [9.17, 15) is 18.4 Å². The molecule has 0 aromatic heterocycles. The van der Waals surface area contributed by atoms with Crippen LogP contribution in [0, 0.1) is 0 Å². The molecule has 128 valence electrons. The van der Waals surface area contributed by atoms with Gasteiger partial charge in [-0.05, 0) is 44.5 Å². The Kier molecular flexibility index (Phi) is 7.80. The van der Waals surface area contributed by atoms with E-state index in [-0.39, 0.29) is 11.9 Å². The molecule has 0 heterocycles. The normalized spacial score (nSPS) is 13.3. The zero-order valence-corrected chi connectivity index (χ0v) is 14.0. The molecule has 0 saturated carbocycles. The van der Waals surface area contributed by atoms with E-state index in [1.54, 1.807) is 6.92 Å². The Balaban J connectivity index is 2.48. The maximum Gasteiger partial charge on any atom is 0.319 e. The predicted octanol–water partition coefficient (Wildman–Crippen LogP) is 3.43. The van der Waals surface area contributed by atoms with Gasteiger partial charge in [-0.3, -0.25) is 4.79 Å². The van der Waals surface area contributed by atoms with Crippen LogP contribution in [0.15, 0.2) is 29.2 Å². The van der Waals surface area contributed by atoms with Gasteiger partial charge in [-0.25, -0.2) is 4.79 Å². The van der Waals surface area contributed by atoms with Gasteiger partial charge in [-0.1, -0.05) is 18.7 Å². The SMILES string of the molecule is CC[C@H](C)NC(=O)[C@@H](C)NC(=O)Nc1ccc(SC(F)F)cc1. The lowest BCUT2D eigenvalue weighted by Gasteiger charge is -2.17. The molecule has 0 spiro atoms. The molecule has 0 saturated heterocycles. The number of alkyl halides is 2. The van der Waals surface area contributed by atoms with Gasteiger partial charge in [0.1, 0.15) is 6.04 Å². The fourth-order valence-corrected chi connectivity index (χ4v) is 2.12. The summed E-state index contributed by atoms with van der Waals surface area (Å²) in [4.78, 5) is 24.0. The van der Waals surface area contributed by atoms with Gasteiger partial charge in [-0.15, -0.1) is 0 Å². The van der Waals surface area contributed by atoms with Crippen LogP contribution in [0.25, 0.3) is 0 Å². The molecule has 1 aromatic rings. The van der Waals surface area contributed by atoms with Crippen LogP contribution in [0.4, 0.5) is 19.3 Å². The second kappa shape index (κ2) is 9.34. The molecule has 0 unspecified atom stereocenters. The highest BCUT2D eigenvalue weighted by atomic mass is 32.2. The van der Waals surface area contributed by atoms with E-state index >= 15 is 0 Å². The minimum Gasteiger partial charge on any atom is -0.352 e. The average molecular weight is 345 g/mol. The largest absolute Gasteiger partial charge is 0.352 e. The minimum atomic E-state index is -2.48. The molecule has 23 heavy (non-hydrogen) atoms. The van der Waals surface area contributed by atoms with Crippen LogP contribution in [0.1, 0.15) is 27.2 Å². The number of carbonyl (C=O) groups excluding carboxylic acids is 2. The molecule has 8 heteroatoms. The van der Waals surface area contributed by atoms with Crippen molar-refractivity contribution in [1.29, 1.82) is 0 Å². The fourth-order valence-electron chi connectivity index (χ4n) is 1.62. The molecular weight excluding hydrogens is 324 g/mol. The summed E-state index contributed by atoms with van der Waals surface area (Å²) in [6, 6.07) is 4.85. The Hall–Kier alpha value is -1.83. The predicted molar refractivity (Wildman–Crippen MR) is 87.8 cm³/mol. The third-order valence-corrected chi connectivity index (χ3v) is 3.80. The molecule has 5 nitrogen and oxygen atoms in total. The van der Waals surface area contributed by atoms with Gasteiger partial charge in [0.25, 0.3) is 5.76 Å². The Bertz CT molecular complexity index is 526. The number of hydrogen-bond acceptors (Lipinski definition) is 3. The standard InChI is InChI=1S/C15H21F2N3O2S/c1-4-9(2)18-13(21)10(3)19-15(22)20-11-5-7-12(8-6-11)23-14(16)17/h5-10,14H,4H2,1-3H3,(H,18,21)(H2,19,20,22)/t9-,10+/m0/s1. The first-order valence-corrected chi connectivity index (χ1v) is 8.12. The van der Waals surface area contributed by atoms with Crippen molar-refractivity contribution >= 4 is 29.4 Å². The van der Waals surface area contributed by atoms with Crippen LogP contribution in [0.2, 0.25) is 0 Å². The average Bonchev–Trinajstić information content (AvgIpc) is 2.48. The number of halogens is 2. The van der Waals surface area contributed by atoms with Crippen molar-refractivity contribution in [3.8, 4) is 0 Å². The molecule has 0 aliphatic rings. The van der Waals surface area contributed by atoms with Crippen molar-refractivity contribution in [3.05, 3.63) is 24.3 Å². The number of rotatable bonds is 7. The van der Waals surface area contributed by atoms with Crippen LogP contribution < -0.4 is 16.0 Å². The lowest BCUT2D eigenvalue weighted by atomic mass is 10.2. The van der Waals surface area contributed by atoms with Crippen molar-refractivity contribution < 1.29 is 18.4 Å². The summed E-state index contributed by atoms with van der Waals surface area (Å²) in [6.45, 7) is 5.41. The quantitative estimate of drug-likeness (QED) is 0.663. The van der Waals surface area contributed by atoms with E-state index in [4.69, 9.17) is 0 Å². The second-order valence-corrected chi connectivity index (χ2v) is 6.10. The zero-order valence-electron chi connectivity index (χ0n) is 13.2.